The number of esters is 1. The molecular weight excluding hydrogens is 785 g/mol. The summed E-state index contributed by atoms with van der Waals surface area (Å²) in [6.45, 7) is 18.6. The fourth-order valence-electron chi connectivity index (χ4n) is 9.21. The molecule has 2 aromatic carbocycles. The topological polar surface area (TPSA) is 209 Å². The highest BCUT2D eigenvalue weighted by molar-refractivity contribution is 6.21. The van der Waals surface area contributed by atoms with Gasteiger partial charge in [-0.3, -0.25) is 19.4 Å². The van der Waals surface area contributed by atoms with Crippen LogP contribution in [0, 0.1) is 30.6 Å². The van der Waals surface area contributed by atoms with Crippen LogP contribution in [0.25, 0.3) is 10.8 Å². The number of carbonyl (C=O) groups excluding carboxylic acids is 3. The van der Waals surface area contributed by atoms with E-state index in [-0.39, 0.29) is 49.7 Å². The van der Waals surface area contributed by atoms with Crippen LogP contribution in [0.1, 0.15) is 97.5 Å². The molecule has 0 radical (unpaired) electrons. The lowest BCUT2D eigenvalue weighted by atomic mass is 9.78. The quantitative estimate of drug-likeness (QED) is 0.205. The second-order valence-electron chi connectivity index (χ2n) is 17.6. The van der Waals surface area contributed by atoms with Crippen LogP contribution < -0.4 is 20.8 Å². The Kier molecular flexibility index (Phi) is 13.1. The van der Waals surface area contributed by atoms with Crippen molar-refractivity contribution in [1.82, 2.24) is 4.90 Å². The van der Waals surface area contributed by atoms with Gasteiger partial charge in [0.2, 0.25) is 0 Å². The monoisotopic (exact) mass is 846 g/mol. The Balaban J connectivity index is 1.56. The van der Waals surface area contributed by atoms with E-state index >= 15 is 0 Å². The van der Waals surface area contributed by atoms with Gasteiger partial charge in [-0.2, -0.15) is 0 Å². The van der Waals surface area contributed by atoms with Crippen LogP contribution in [0.15, 0.2) is 46.1 Å². The van der Waals surface area contributed by atoms with Crippen molar-refractivity contribution in [3.63, 3.8) is 0 Å². The molecule has 0 aromatic heterocycles. The van der Waals surface area contributed by atoms with Crippen LogP contribution in [0.5, 0.6) is 17.2 Å². The van der Waals surface area contributed by atoms with Gasteiger partial charge in [-0.1, -0.05) is 52.8 Å². The molecule has 5 heterocycles. The van der Waals surface area contributed by atoms with Crippen LogP contribution in [0.4, 0.5) is 5.69 Å². The van der Waals surface area contributed by atoms with E-state index in [0.29, 0.717) is 24.6 Å². The van der Waals surface area contributed by atoms with E-state index in [0.717, 1.165) is 19.5 Å². The molecule has 1 fully saturated rings. The summed E-state index contributed by atoms with van der Waals surface area (Å²) in [5.74, 6) is -7.03. The van der Waals surface area contributed by atoms with Crippen LogP contribution in [0.3, 0.4) is 0 Å². The predicted octanol–water partition coefficient (Wildman–Crippen LogP) is 4.89. The third-order valence-electron chi connectivity index (χ3n) is 13.4. The molecule has 2 aromatic rings. The smallest absolute Gasteiger partial charge is 0.312 e. The zero-order chi connectivity index (χ0) is 44.9. The van der Waals surface area contributed by atoms with Crippen molar-refractivity contribution in [1.29, 1.82) is 0 Å². The van der Waals surface area contributed by atoms with Crippen molar-refractivity contribution in [2.24, 2.45) is 33.7 Å². The molecule has 1 spiro atoms. The fraction of sp³-hybridized carbons (Fsp3) is 0.587. The minimum Gasteiger partial charge on any atom is -0.507 e. The molecule has 1 saturated heterocycles. The molecule has 5 bridgehead atoms. The number of methoxy groups -OCH3 is 1. The zero-order valence-electron chi connectivity index (χ0n) is 37.1. The van der Waals surface area contributed by atoms with Crippen LogP contribution in [-0.2, 0) is 23.8 Å². The van der Waals surface area contributed by atoms with Gasteiger partial charge in [0, 0.05) is 93.1 Å². The van der Waals surface area contributed by atoms with E-state index < -0.39 is 82.9 Å². The molecule has 5 aliphatic heterocycles. The maximum absolute atomic E-state index is 14.7. The van der Waals surface area contributed by atoms with Gasteiger partial charge in [0.05, 0.1) is 41.2 Å². The van der Waals surface area contributed by atoms with Gasteiger partial charge in [0.25, 0.3) is 11.7 Å². The van der Waals surface area contributed by atoms with Crippen molar-refractivity contribution in [3.8, 4) is 17.2 Å². The average molecular weight is 847 g/mol. The van der Waals surface area contributed by atoms with Gasteiger partial charge in [-0.15, -0.1) is 0 Å². The number of aliphatic hydroxyl groups excluding tert-OH is 2. The number of hydrogen-bond acceptors (Lipinski definition) is 14. The number of likely N-dealkylation sites (tertiary alicyclic amines) is 1. The minimum atomic E-state index is -1.95. The van der Waals surface area contributed by atoms with Crippen molar-refractivity contribution in [3.05, 3.63) is 58.0 Å². The number of aliphatic hydroxyl groups is 2. The number of Topliss-reactive ketones (excluding diaryl/α,β-unsaturated/α-hetero) is 1. The third kappa shape index (κ3) is 8.29. The third-order valence-corrected chi connectivity index (χ3v) is 13.4. The number of amides is 1. The van der Waals surface area contributed by atoms with Crippen molar-refractivity contribution >= 4 is 34.1 Å². The first kappa shape index (κ1) is 45.7. The number of ketones is 1. The Labute approximate surface area is 356 Å². The first-order valence-electron chi connectivity index (χ1n) is 21.3. The van der Waals surface area contributed by atoms with Gasteiger partial charge in [-0.25, -0.2) is 4.99 Å². The summed E-state index contributed by atoms with van der Waals surface area (Å²) in [5, 5.41) is 50.6. The highest BCUT2D eigenvalue weighted by atomic mass is 16.7. The van der Waals surface area contributed by atoms with Gasteiger partial charge in [-0.05, 0) is 33.3 Å². The molecule has 10 atom stereocenters. The summed E-state index contributed by atoms with van der Waals surface area (Å²) in [4.78, 5) is 52.9. The van der Waals surface area contributed by atoms with Gasteiger partial charge in [0.15, 0.2) is 5.75 Å². The first-order chi connectivity index (χ1) is 28.7. The van der Waals surface area contributed by atoms with E-state index in [1.54, 1.807) is 65.8 Å². The molecule has 5 N–H and O–H groups in total. The Hall–Kier alpha value is -4.83. The molecule has 1 unspecified atom stereocenters. The lowest BCUT2D eigenvalue weighted by molar-refractivity contribution is -0.160. The maximum Gasteiger partial charge on any atom is 0.312 e. The zero-order valence-corrected chi connectivity index (χ0v) is 37.1. The summed E-state index contributed by atoms with van der Waals surface area (Å²) in [7, 11) is 1.47. The summed E-state index contributed by atoms with van der Waals surface area (Å²) in [5.41, 5.74) is -0.115. The van der Waals surface area contributed by atoms with E-state index in [2.05, 4.69) is 29.1 Å². The fourth-order valence-corrected chi connectivity index (χ4v) is 9.21. The number of aromatic hydroxyl groups is 2. The highest BCUT2D eigenvalue weighted by Crippen LogP contribution is 2.51. The minimum absolute atomic E-state index is 0.0536. The Morgan fingerprint density at radius 2 is 1.67 bits per heavy atom. The van der Waals surface area contributed by atoms with E-state index in [9.17, 15) is 34.8 Å². The summed E-state index contributed by atoms with van der Waals surface area (Å²) < 4.78 is 24.0. The number of allylic oxidation sites excluding steroid dienone is 2. The lowest BCUT2D eigenvalue weighted by Gasteiger charge is -2.40. The van der Waals surface area contributed by atoms with Crippen LogP contribution in [0.2, 0.25) is 0 Å². The molecule has 332 valence electrons. The largest absolute Gasteiger partial charge is 0.507 e. The molecule has 0 saturated carbocycles. The molecule has 15 heteroatoms. The van der Waals surface area contributed by atoms with Crippen LogP contribution >= 0.6 is 0 Å². The SMILES string of the molecule is CCC(C)N1CCC2(CC1)N=c1c(c3c4c5c(C)c(O)c3c(O)c1=NC(=O)/C(C)=C\C=C/[C@H](C)[C@H](O)[C@@H](C)[C@@H](O)[C@@H](C)[C@H](OC(C)=O)[C@H](C)[C@@H](OC)C=CO[C@@](C)(O5)C4=O)N2. The molecule has 5 aliphatic rings. The van der Waals surface area contributed by atoms with E-state index in [4.69, 9.17) is 23.9 Å². The van der Waals surface area contributed by atoms with Crippen molar-refractivity contribution < 1.29 is 53.8 Å². The average Bonchev–Trinajstić information content (AvgIpc) is 3.73. The number of rotatable bonds is 4. The van der Waals surface area contributed by atoms with Gasteiger partial charge in [0.1, 0.15) is 34.0 Å². The first-order valence-corrected chi connectivity index (χ1v) is 21.3. The predicted molar refractivity (Wildman–Crippen MR) is 228 cm³/mol. The molecule has 61 heavy (non-hydrogen) atoms. The number of nitrogens with zero attached hydrogens (tertiary/aromatic N) is 3. The number of fused-ring (bicyclic) bond motifs is 13. The van der Waals surface area contributed by atoms with Crippen molar-refractivity contribution in [2.75, 3.05) is 25.5 Å². The second kappa shape index (κ2) is 17.5. The number of phenolic OH excluding ortho intramolecular Hbond substituents is 2. The molecule has 1 amide bonds. The van der Waals surface area contributed by atoms with E-state index in [1.165, 1.54) is 27.2 Å². The van der Waals surface area contributed by atoms with Crippen LogP contribution in [-0.4, -0.2) is 105 Å². The Morgan fingerprint density at radius 3 is 2.30 bits per heavy atom. The number of carbonyl (C=O) groups is 3. The number of ether oxygens (including phenoxy) is 4. The molecule has 7 rings (SSSR count). The lowest BCUT2D eigenvalue weighted by Crippen LogP contribution is -2.49. The Bertz CT molecular complexity index is 2300. The summed E-state index contributed by atoms with van der Waals surface area (Å²) >= 11 is 0. The summed E-state index contributed by atoms with van der Waals surface area (Å²) in [6.07, 6.45) is 6.05. The normalized spacial score (nSPS) is 32.6. The number of piperidine rings is 1. The highest BCUT2D eigenvalue weighted by Gasteiger charge is 2.51. The van der Waals surface area contributed by atoms with Gasteiger partial charge >= 0.3 is 11.8 Å². The van der Waals surface area contributed by atoms with Gasteiger partial charge < -0.3 is 49.6 Å². The standard InChI is InChI=1S/C46H62N4O11/c1-12-24(4)50-19-17-46(18-20-50)48-34-31-32-39(54)28(8)42-33(31)43(56)45(10,61-42)59-21-16-30(58-11)25(5)41(60-29(9)51)27(7)38(53)26(6)37(52)22(2)14-13-15-23(3)44(57)47-36(40(32)55)35(34)49-46/h13-16,21-22,24-27,30,37-38,41,48,52-55H,12,17-20H2,1-11H3/b14-13-,21-16?,23-15-,47-36?/t22-,24?,25+,26+,27+,30-,37-,38+,41+,45-/m0/s1. The Morgan fingerprint density at radius 1 is 1.00 bits per heavy atom. The second-order valence-corrected chi connectivity index (χ2v) is 17.6. The molecular formula is C46H62N4O11. The number of hydrogen-bond donors (Lipinski definition) is 5. The maximum atomic E-state index is 14.7. The summed E-state index contributed by atoms with van der Waals surface area (Å²) in [6, 6.07) is 0.359. The van der Waals surface area contributed by atoms with Crippen molar-refractivity contribution in [2.45, 2.75) is 130 Å². The molecule has 15 nitrogen and oxygen atoms in total. The van der Waals surface area contributed by atoms with E-state index in [1.807, 2.05) is 0 Å². The molecule has 0 aliphatic carbocycles. The number of nitrogens with one attached hydrogen (secondary N) is 1. The number of anilines is 1. The number of phenols is 2. The number of benzene rings is 2.